The molecule has 3 aromatic carbocycles. The summed E-state index contributed by atoms with van der Waals surface area (Å²) in [6.45, 7) is 5.71. The summed E-state index contributed by atoms with van der Waals surface area (Å²) in [6, 6.07) is 37.7. The van der Waals surface area contributed by atoms with E-state index in [0.29, 0.717) is 16.7 Å². The first-order valence-corrected chi connectivity index (χ1v) is 11.9. The maximum Gasteiger partial charge on any atom is 0.0365 e. The Morgan fingerprint density at radius 3 is 1.68 bits per heavy atom. The number of aromatic nitrogens is 2. The molecule has 189 valence electrons. The summed E-state index contributed by atoms with van der Waals surface area (Å²) in [5.41, 5.74) is 4.65. The summed E-state index contributed by atoms with van der Waals surface area (Å²) in [5, 5.41) is 0. The van der Waals surface area contributed by atoms with Gasteiger partial charge in [0.05, 0.1) is 0 Å². The molecule has 0 saturated carbocycles. The second-order valence-electron chi connectivity index (χ2n) is 9.28. The number of benzene rings is 3. The largest absolute Gasteiger partial charge is 0.305 e. The number of hydrogen-bond acceptors (Lipinski definition) is 2. The van der Waals surface area contributed by atoms with E-state index in [9.17, 15) is 0 Å². The molecule has 0 amide bonds. The fourth-order valence-corrected chi connectivity index (χ4v) is 3.54. The van der Waals surface area contributed by atoms with E-state index < -0.39 is 18.2 Å². The van der Waals surface area contributed by atoms with E-state index in [4.69, 9.17) is 5.48 Å². The van der Waals surface area contributed by atoms with E-state index in [0.717, 1.165) is 22.5 Å². The molecule has 1 radical (unpaired) electrons. The average Bonchev–Trinajstić information content (AvgIpc) is 2.98. The van der Waals surface area contributed by atoms with Gasteiger partial charge in [0, 0.05) is 38.0 Å². The molecule has 5 aromatic rings. The molecule has 3 heteroatoms. The van der Waals surface area contributed by atoms with Crippen molar-refractivity contribution in [1.82, 2.24) is 9.97 Å². The van der Waals surface area contributed by atoms with Gasteiger partial charge in [0.1, 0.15) is 0 Å². The third-order valence-corrected chi connectivity index (χ3v) is 5.07. The fourth-order valence-electron chi connectivity index (χ4n) is 3.54. The zero-order valence-electron chi connectivity index (χ0n) is 25.2. The minimum absolute atomic E-state index is 0. The standard InChI is InChI=1S/C18H14N.C16H18N.Ir/c1-3-7-15(8-4-1)13-16-11-12-19-18(14-16)17-9-5-2-6-10-17;1-16(2,3)12-13-9-10-17-15(11-13)14-7-5-4-6-8-14;/h1-9,11-12,14H,13H2;4-7,9-11H,12H2,1-3H3;/q2*-1;/i13D2;12D2;. The Morgan fingerprint density at radius 1 is 0.649 bits per heavy atom. The van der Waals surface area contributed by atoms with Crippen molar-refractivity contribution in [3.8, 4) is 22.5 Å². The van der Waals surface area contributed by atoms with Gasteiger partial charge in [0.15, 0.2) is 0 Å². The molecule has 0 bridgehead atoms. The van der Waals surface area contributed by atoms with Gasteiger partial charge < -0.3 is 9.97 Å². The van der Waals surface area contributed by atoms with Crippen LogP contribution in [0.1, 0.15) is 42.9 Å². The molecule has 2 aromatic heterocycles. The molecule has 2 nitrogen and oxygen atoms in total. The summed E-state index contributed by atoms with van der Waals surface area (Å²) in [5.74, 6) is 0. The van der Waals surface area contributed by atoms with Crippen LogP contribution in [0.3, 0.4) is 0 Å². The third kappa shape index (κ3) is 9.21. The van der Waals surface area contributed by atoms with Gasteiger partial charge >= 0.3 is 0 Å². The van der Waals surface area contributed by atoms with Crippen molar-refractivity contribution in [3.63, 3.8) is 0 Å². The van der Waals surface area contributed by atoms with Crippen LogP contribution in [0.4, 0.5) is 0 Å². The molecule has 0 spiro atoms. The van der Waals surface area contributed by atoms with Crippen LogP contribution in [0.5, 0.6) is 0 Å². The fraction of sp³-hybridized carbons (Fsp3) is 0.176. The van der Waals surface area contributed by atoms with Gasteiger partial charge in [-0.05, 0) is 52.8 Å². The topological polar surface area (TPSA) is 25.8 Å². The third-order valence-electron chi connectivity index (χ3n) is 5.07. The van der Waals surface area contributed by atoms with Crippen LogP contribution in [-0.4, -0.2) is 9.97 Å². The first-order chi connectivity index (χ1) is 19.0. The first-order valence-electron chi connectivity index (χ1n) is 13.9. The molecule has 0 atom stereocenters. The van der Waals surface area contributed by atoms with E-state index in [1.54, 1.807) is 42.7 Å². The summed E-state index contributed by atoms with van der Waals surface area (Å²) in [4.78, 5) is 8.63. The number of pyridine rings is 2. The van der Waals surface area contributed by atoms with Crippen LogP contribution in [0.2, 0.25) is 0 Å². The second-order valence-corrected chi connectivity index (χ2v) is 9.28. The summed E-state index contributed by atoms with van der Waals surface area (Å²) >= 11 is 0. The van der Waals surface area contributed by atoms with Crippen molar-refractivity contribution in [1.29, 1.82) is 0 Å². The Balaban J connectivity index is 0.000000221. The summed E-state index contributed by atoms with van der Waals surface area (Å²) in [6.07, 6.45) is 0.356. The minimum atomic E-state index is -1.55. The molecule has 37 heavy (non-hydrogen) atoms. The van der Waals surface area contributed by atoms with Gasteiger partial charge in [-0.2, -0.15) is 0 Å². The Morgan fingerprint density at radius 2 is 1.16 bits per heavy atom. The van der Waals surface area contributed by atoms with E-state index in [1.807, 2.05) is 93.6 Å². The molecule has 0 aliphatic rings. The van der Waals surface area contributed by atoms with Gasteiger partial charge in [0.2, 0.25) is 0 Å². The van der Waals surface area contributed by atoms with Crippen LogP contribution in [0, 0.1) is 17.5 Å². The molecular weight excluding hydrogens is 629 g/mol. The smallest absolute Gasteiger partial charge is 0.0365 e. The predicted molar refractivity (Wildman–Crippen MR) is 149 cm³/mol. The van der Waals surface area contributed by atoms with Gasteiger partial charge in [-0.3, -0.25) is 0 Å². The molecule has 0 N–H and O–H groups in total. The molecule has 0 unspecified atom stereocenters. The Hall–Kier alpha value is -3.39. The molecule has 0 aliphatic heterocycles. The van der Waals surface area contributed by atoms with Crippen LogP contribution in [-0.2, 0) is 32.9 Å². The Bertz CT molecular complexity index is 1520. The van der Waals surface area contributed by atoms with Gasteiger partial charge in [-0.15, -0.1) is 71.8 Å². The SMILES string of the molecule is [2H]C([2H])(c1ccccc1)c1ccnc(-c2[c-]cccc2)c1.[2H]C([2H])(c1ccnc(-c2[c-]cccc2)c1)C(C)(C)C.[Ir]. The van der Waals surface area contributed by atoms with Gasteiger partial charge in [-0.25, -0.2) is 0 Å². The normalized spacial score (nSPS) is 12.9. The summed E-state index contributed by atoms with van der Waals surface area (Å²) in [7, 11) is 0. The van der Waals surface area contributed by atoms with Crippen molar-refractivity contribution in [2.45, 2.75) is 33.5 Å². The van der Waals surface area contributed by atoms with Crippen molar-refractivity contribution >= 4 is 0 Å². The maximum atomic E-state index is 8.40. The van der Waals surface area contributed by atoms with Crippen molar-refractivity contribution in [2.75, 3.05) is 0 Å². The predicted octanol–water partition coefficient (Wildman–Crippen LogP) is 8.27. The quantitative estimate of drug-likeness (QED) is 0.177. The Labute approximate surface area is 240 Å². The average molecular weight is 665 g/mol. The molecular formula is C34H32IrN2-2. The zero-order chi connectivity index (χ0) is 28.8. The molecule has 0 aliphatic carbocycles. The van der Waals surface area contributed by atoms with E-state index in [1.165, 1.54) is 0 Å². The van der Waals surface area contributed by atoms with E-state index in [-0.39, 0.29) is 20.1 Å². The molecule has 0 saturated heterocycles. The van der Waals surface area contributed by atoms with Crippen LogP contribution < -0.4 is 0 Å². The number of nitrogens with zero attached hydrogens (tertiary/aromatic N) is 2. The maximum absolute atomic E-state index is 8.40. The van der Waals surface area contributed by atoms with Crippen molar-refractivity contribution in [2.24, 2.45) is 5.41 Å². The van der Waals surface area contributed by atoms with E-state index in [2.05, 4.69) is 22.1 Å². The number of rotatable bonds is 5. The summed E-state index contributed by atoms with van der Waals surface area (Å²) < 4.78 is 33.4. The molecule has 0 fully saturated rings. The minimum Gasteiger partial charge on any atom is -0.305 e. The molecule has 2 heterocycles. The zero-order valence-corrected chi connectivity index (χ0v) is 23.6. The monoisotopic (exact) mass is 665 g/mol. The first kappa shape index (κ1) is 22.8. The van der Waals surface area contributed by atoms with Crippen LogP contribution >= 0.6 is 0 Å². The van der Waals surface area contributed by atoms with Crippen LogP contribution in [0.25, 0.3) is 22.5 Å². The van der Waals surface area contributed by atoms with Crippen LogP contribution in [0.15, 0.2) is 116 Å². The second kappa shape index (κ2) is 13.8. The molecule has 5 rings (SSSR count). The van der Waals surface area contributed by atoms with E-state index >= 15 is 0 Å². The van der Waals surface area contributed by atoms with Crippen molar-refractivity contribution in [3.05, 3.63) is 144 Å². The van der Waals surface area contributed by atoms with Gasteiger partial charge in [-0.1, -0.05) is 68.8 Å². The van der Waals surface area contributed by atoms with Gasteiger partial charge in [0.25, 0.3) is 0 Å². The Kier molecular flexibility index (Phi) is 8.49. The number of hydrogen-bond donors (Lipinski definition) is 0. The van der Waals surface area contributed by atoms with Crippen molar-refractivity contribution < 1.29 is 25.6 Å².